The molecule has 1 atom stereocenters. The Morgan fingerprint density at radius 1 is 1.43 bits per heavy atom. The van der Waals surface area contributed by atoms with E-state index in [1.54, 1.807) is 36.9 Å². The minimum absolute atomic E-state index is 0.182. The number of ether oxygens (including phenoxy) is 2. The topological polar surface area (TPSA) is 38.8 Å². The zero-order chi connectivity index (χ0) is 16.0. The number of esters is 1. The lowest BCUT2D eigenvalue weighted by atomic mass is 10.2. The van der Waals surface area contributed by atoms with Crippen molar-refractivity contribution in [2.24, 2.45) is 0 Å². The summed E-state index contributed by atoms with van der Waals surface area (Å²) in [6.45, 7) is 3.91. The number of carbonyl (C=O) groups excluding carboxylic acids is 1. The number of thiocarbonyl (C=S) groups is 1. The van der Waals surface area contributed by atoms with Crippen LogP contribution >= 0.6 is 35.4 Å². The number of anilines is 1. The summed E-state index contributed by atoms with van der Waals surface area (Å²) in [7, 11) is 1.53. The second-order valence-corrected chi connectivity index (χ2v) is 5.54. The largest absolute Gasteiger partial charge is 0.464 e. The highest BCUT2D eigenvalue weighted by Gasteiger charge is 2.27. The van der Waals surface area contributed by atoms with E-state index in [9.17, 15) is 4.79 Å². The molecule has 0 fully saturated rings. The summed E-state index contributed by atoms with van der Waals surface area (Å²) in [5, 5.41) is 0.935. The molecule has 0 N–H and O–H groups in total. The Bertz CT molecular complexity index is 525. The highest BCUT2D eigenvalue weighted by molar-refractivity contribution is 7.80. The Morgan fingerprint density at radius 2 is 2.10 bits per heavy atom. The van der Waals surface area contributed by atoms with Crippen LogP contribution in [0.3, 0.4) is 0 Å². The van der Waals surface area contributed by atoms with Crippen LogP contribution in [0, 0.1) is 0 Å². The van der Waals surface area contributed by atoms with Gasteiger partial charge < -0.3 is 14.4 Å². The third-order valence-electron chi connectivity index (χ3n) is 2.72. The van der Waals surface area contributed by atoms with Gasteiger partial charge in [-0.25, -0.2) is 4.79 Å². The van der Waals surface area contributed by atoms with Crippen LogP contribution in [-0.4, -0.2) is 37.3 Å². The summed E-state index contributed by atoms with van der Waals surface area (Å²) in [4.78, 5) is 14.0. The second kappa shape index (κ2) is 8.54. The van der Waals surface area contributed by atoms with Gasteiger partial charge in [0.2, 0.25) is 0 Å². The molecule has 0 saturated carbocycles. The summed E-state index contributed by atoms with van der Waals surface area (Å²) < 4.78 is 10.1. The number of methoxy groups -OCH3 is 1. The van der Waals surface area contributed by atoms with Crippen molar-refractivity contribution in [1.29, 1.82) is 0 Å². The number of nitrogens with zero attached hydrogens (tertiary/aromatic N) is 1. The van der Waals surface area contributed by atoms with Crippen molar-refractivity contribution in [3.8, 4) is 0 Å². The van der Waals surface area contributed by atoms with Crippen molar-refractivity contribution in [2.75, 3.05) is 25.2 Å². The van der Waals surface area contributed by atoms with E-state index in [4.69, 9.17) is 44.9 Å². The Balaban J connectivity index is 3.21. The first-order chi connectivity index (χ1) is 9.92. The normalized spacial score (nSPS) is 11.9. The van der Waals surface area contributed by atoms with Gasteiger partial charge in [0.25, 0.3) is 0 Å². The fourth-order valence-electron chi connectivity index (χ4n) is 1.79. The highest BCUT2D eigenvalue weighted by atomic mass is 35.5. The van der Waals surface area contributed by atoms with Crippen LogP contribution in [-0.2, 0) is 14.3 Å². The van der Waals surface area contributed by atoms with Crippen LogP contribution in [0.4, 0.5) is 5.69 Å². The summed E-state index contributed by atoms with van der Waals surface area (Å²) in [6, 6.07) is 4.34. The second-order valence-electron chi connectivity index (χ2n) is 4.22. The van der Waals surface area contributed by atoms with E-state index < -0.39 is 12.0 Å². The third-order valence-corrected chi connectivity index (χ3v) is 3.59. The number of hydrogen-bond acceptors (Lipinski definition) is 4. The van der Waals surface area contributed by atoms with Gasteiger partial charge in [-0.15, -0.1) is 0 Å². The lowest BCUT2D eigenvalue weighted by Crippen LogP contribution is -2.45. The Kier molecular flexibility index (Phi) is 7.39. The molecular weight excluding hydrogens is 333 g/mol. The van der Waals surface area contributed by atoms with Crippen LogP contribution in [0.15, 0.2) is 18.2 Å². The first kappa shape index (κ1) is 18.2. The zero-order valence-electron chi connectivity index (χ0n) is 12.1. The maximum atomic E-state index is 12.0. The lowest BCUT2D eigenvalue weighted by Gasteiger charge is -2.30. The number of hydrogen-bond donors (Lipinski definition) is 0. The number of carbonyl (C=O) groups is 1. The summed E-state index contributed by atoms with van der Waals surface area (Å²) in [5.41, 5.74) is 0.548. The molecule has 7 heteroatoms. The molecule has 21 heavy (non-hydrogen) atoms. The van der Waals surface area contributed by atoms with E-state index in [-0.39, 0.29) is 13.2 Å². The molecule has 0 aliphatic rings. The Hall–Kier alpha value is -0.880. The van der Waals surface area contributed by atoms with Crippen LogP contribution in [0.2, 0.25) is 10.0 Å². The quantitative estimate of drug-likeness (QED) is 0.578. The smallest absolute Gasteiger partial charge is 0.328 e. The minimum atomic E-state index is -0.636. The van der Waals surface area contributed by atoms with Crippen molar-refractivity contribution in [2.45, 2.75) is 19.9 Å². The molecule has 0 aromatic heterocycles. The SMILES string of the molecule is CCOC(=O)C(C)N(C(=S)COC)c1cc(Cl)ccc1Cl. The van der Waals surface area contributed by atoms with E-state index in [2.05, 4.69) is 0 Å². The molecule has 4 nitrogen and oxygen atoms in total. The van der Waals surface area contributed by atoms with Crippen molar-refractivity contribution in [1.82, 2.24) is 0 Å². The Labute approximate surface area is 139 Å². The van der Waals surface area contributed by atoms with Gasteiger partial charge >= 0.3 is 5.97 Å². The zero-order valence-corrected chi connectivity index (χ0v) is 14.4. The molecule has 0 amide bonds. The van der Waals surface area contributed by atoms with Gasteiger partial charge in [-0.1, -0.05) is 35.4 Å². The van der Waals surface area contributed by atoms with Crippen LogP contribution in [0.5, 0.6) is 0 Å². The Morgan fingerprint density at radius 3 is 2.67 bits per heavy atom. The molecule has 1 rings (SSSR count). The van der Waals surface area contributed by atoms with E-state index in [0.29, 0.717) is 20.7 Å². The first-order valence-corrected chi connectivity index (χ1v) is 7.51. The van der Waals surface area contributed by atoms with E-state index in [0.717, 1.165) is 0 Å². The van der Waals surface area contributed by atoms with Crippen LogP contribution < -0.4 is 4.90 Å². The number of rotatable bonds is 6. The summed E-state index contributed by atoms with van der Waals surface area (Å²) in [5.74, 6) is -0.396. The minimum Gasteiger partial charge on any atom is -0.464 e. The first-order valence-electron chi connectivity index (χ1n) is 6.35. The fraction of sp³-hybridized carbons (Fsp3) is 0.429. The average Bonchev–Trinajstić information content (AvgIpc) is 2.43. The standard InChI is InChI=1S/C14H17Cl2NO3S/c1-4-20-14(18)9(2)17(13(21)8-19-3)12-7-10(15)5-6-11(12)16/h5-7,9H,4,8H2,1-3H3. The average molecular weight is 350 g/mol. The van der Waals surface area contributed by atoms with Crippen LogP contribution in [0.25, 0.3) is 0 Å². The van der Waals surface area contributed by atoms with Gasteiger partial charge in [0.15, 0.2) is 0 Å². The third kappa shape index (κ3) is 4.81. The molecule has 0 spiro atoms. The predicted molar refractivity (Wildman–Crippen MR) is 89.5 cm³/mol. The molecular formula is C14H17Cl2NO3S. The summed E-state index contributed by atoms with van der Waals surface area (Å²) >= 11 is 17.6. The van der Waals surface area contributed by atoms with Crippen molar-refractivity contribution in [3.05, 3.63) is 28.2 Å². The molecule has 0 radical (unpaired) electrons. The molecule has 0 bridgehead atoms. The molecule has 116 valence electrons. The highest BCUT2D eigenvalue weighted by Crippen LogP contribution is 2.31. The van der Waals surface area contributed by atoms with Gasteiger partial charge in [0, 0.05) is 12.1 Å². The maximum absolute atomic E-state index is 12.0. The van der Waals surface area contributed by atoms with Gasteiger partial charge in [-0.2, -0.15) is 0 Å². The number of benzene rings is 1. The van der Waals surface area contributed by atoms with Gasteiger partial charge in [0.1, 0.15) is 11.0 Å². The molecule has 1 aromatic carbocycles. The molecule has 1 aromatic rings. The van der Waals surface area contributed by atoms with E-state index in [1.165, 1.54) is 7.11 Å². The van der Waals surface area contributed by atoms with Crippen molar-refractivity contribution in [3.63, 3.8) is 0 Å². The monoisotopic (exact) mass is 349 g/mol. The van der Waals surface area contributed by atoms with Crippen LogP contribution in [0.1, 0.15) is 13.8 Å². The fourth-order valence-corrected chi connectivity index (χ4v) is 2.54. The van der Waals surface area contributed by atoms with E-state index in [1.807, 2.05) is 0 Å². The number of halogens is 2. The summed E-state index contributed by atoms with van der Waals surface area (Å²) in [6.07, 6.45) is 0. The molecule has 0 aliphatic heterocycles. The maximum Gasteiger partial charge on any atom is 0.328 e. The molecule has 0 saturated heterocycles. The molecule has 0 aliphatic carbocycles. The van der Waals surface area contributed by atoms with Crippen molar-refractivity contribution >= 4 is 52.1 Å². The van der Waals surface area contributed by atoms with E-state index >= 15 is 0 Å². The molecule has 1 unspecified atom stereocenters. The predicted octanol–water partition coefficient (Wildman–Crippen LogP) is 3.73. The lowest BCUT2D eigenvalue weighted by molar-refractivity contribution is -0.144. The molecule has 0 heterocycles. The van der Waals surface area contributed by atoms with Gasteiger partial charge in [-0.05, 0) is 32.0 Å². The van der Waals surface area contributed by atoms with Gasteiger partial charge in [0.05, 0.1) is 23.9 Å². The van der Waals surface area contributed by atoms with Crippen molar-refractivity contribution < 1.29 is 14.3 Å². The van der Waals surface area contributed by atoms with Gasteiger partial charge in [-0.3, -0.25) is 0 Å².